The standard InChI is InChI=1S/C12H16N2O3/c15-12(16)10-1-2-11(14-7-10)13-5-3-9-4-6-17-8-9/h1-2,7,9H,3-6,8H2,(H,13,14)(H,15,16). The summed E-state index contributed by atoms with van der Waals surface area (Å²) in [5, 5.41) is 11.9. The second-order valence-electron chi connectivity index (χ2n) is 4.18. The summed E-state index contributed by atoms with van der Waals surface area (Å²) in [5.74, 6) is 0.405. The molecule has 0 bridgehead atoms. The van der Waals surface area contributed by atoms with Crippen molar-refractivity contribution in [3.05, 3.63) is 23.9 Å². The van der Waals surface area contributed by atoms with Gasteiger partial charge in [0.15, 0.2) is 0 Å². The van der Waals surface area contributed by atoms with Crippen LogP contribution in [-0.2, 0) is 4.74 Å². The van der Waals surface area contributed by atoms with E-state index in [0.29, 0.717) is 11.7 Å². The van der Waals surface area contributed by atoms with Crippen molar-refractivity contribution in [3.8, 4) is 0 Å². The predicted molar refractivity (Wildman–Crippen MR) is 63.2 cm³/mol. The number of carboxylic acid groups (broad SMARTS) is 1. The van der Waals surface area contributed by atoms with Gasteiger partial charge >= 0.3 is 5.97 Å². The molecule has 5 nitrogen and oxygen atoms in total. The van der Waals surface area contributed by atoms with Crippen LogP contribution < -0.4 is 5.32 Å². The molecule has 2 rings (SSSR count). The molecule has 1 aromatic rings. The molecule has 1 aliphatic rings. The Morgan fingerprint density at radius 1 is 1.59 bits per heavy atom. The maximum absolute atomic E-state index is 10.6. The first kappa shape index (κ1) is 11.9. The molecule has 5 heteroatoms. The van der Waals surface area contributed by atoms with E-state index in [-0.39, 0.29) is 5.56 Å². The van der Waals surface area contributed by atoms with E-state index in [2.05, 4.69) is 10.3 Å². The van der Waals surface area contributed by atoms with E-state index in [0.717, 1.165) is 32.6 Å². The molecule has 0 aromatic carbocycles. The van der Waals surface area contributed by atoms with Gasteiger partial charge in [0.1, 0.15) is 5.82 Å². The van der Waals surface area contributed by atoms with Gasteiger partial charge in [0.2, 0.25) is 0 Å². The molecule has 1 saturated heterocycles. The normalized spacial score (nSPS) is 19.2. The summed E-state index contributed by atoms with van der Waals surface area (Å²) in [5.41, 5.74) is 0.208. The van der Waals surface area contributed by atoms with Crippen LogP contribution in [-0.4, -0.2) is 35.8 Å². The molecule has 1 unspecified atom stereocenters. The van der Waals surface area contributed by atoms with Gasteiger partial charge in [-0.3, -0.25) is 0 Å². The van der Waals surface area contributed by atoms with Crippen molar-refractivity contribution in [2.75, 3.05) is 25.1 Å². The van der Waals surface area contributed by atoms with Crippen LogP contribution in [0.3, 0.4) is 0 Å². The van der Waals surface area contributed by atoms with Crippen LogP contribution in [0.4, 0.5) is 5.82 Å². The van der Waals surface area contributed by atoms with Crippen molar-refractivity contribution in [2.24, 2.45) is 5.92 Å². The monoisotopic (exact) mass is 236 g/mol. The molecule has 1 fully saturated rings. The molecule has 0 saturated carbocycles. The van der Waals surface area contributed by atoms with Crippen LogP contribution in [0.5, 0.6) is 0 Å². The number of hydrogen-bond acceptors (Lipinski definition) is 4. The number of aromatic nitrogens is 1. The summed E-state index contributed by atoms with van der Waals surface area (Å²) < 4.78 is 5.29. The average molecular weight is 236 g/mol. The van der Waals surface area contributed by atoms with E-state index in [1.165, 1.54) is 6.20 Å². The third kappa shape index (κ3) is 3.42. The molecule has 1 aromatic heterocycles. The smallest absolute Gasteiger partial charge is 0.337 e. The number of ether oxygens (including phenoxy) is 1. The summed E-state index contributed by atoms with van der Waals surface area (Å²) in [6.45, 7) is 2.57. The Balaban J connectivity index is 1.76. The second-order valence-corrected chi connectivity index (χ2v) is 4.18. The van der Waals surface area contributed by atoms with Gasteiger partial charge in [-0.25, -0.2) is 9.78 Å². The SMILES string of the molecule is O=C(O)c1ccc(NCCC2CCOC2)nc1. The van der Waals surface area contributed by atoms with Gasteiger partial charge in [-0.15, -0.1) is 0 Å². The third-order valence-electron chi connectivity index (χ3n) is 2.89. The summed E-state index contributed by atoms with van der Waals surface area (Å²) in [6, 6.07) is 3.24. The summed E-state index contributed by atoms with van der Waals surface area (Å²) in [7, 11) is 0. The van der Waals surface area contributed by atoms with E-state index in [4.69, 9.17) is 9.84 Å². The fourth-order valence-corrected chi connectivity index (χ4v) is 1.84. The minimum atomic E-state index is -0.952. The van der Waals surface area contributed by atoms with Gasteiger partial charge in [-0.1, -0.05) is 0 Å². The summed E-state index contributed by atoms with van der Waals surface area (Å²) in [4.78, 5) is 14.7. The molecule has 92 valence electrons. The summed E-state index contributed by atoms with van der Waals surface area (Å²) >= 11 is 0. The van der Waals surface area contributed by atoms with E-state index >= 15 is 0 Å². The van der Waals surface area contributed by atoms with E-state index in [1.54, 1.807) is 12.1 Å². The van der Waals surface area contributed by atoms with Crippen molar-refractivity contribution in [1.82, 2.24) is 4.98 Å². The molecule has 0 radical (unpaired) electrons. The lowest BCUT2D eigenvalue weighted by molar-refractivity contribution is 0.0696. The quantitative estimate of drug-likeness (QED) is 0.812. The van der Waals surface area contributed by atoms with Gasteiger partial charge in [0.25, 0.3) is 0 Å². The fraction of sp³-hybridized carbons (Fsp3) is 0.500. The average Bonchev–Trinajstić information content (AvgIpc) is 2.83. The Hall–Kier alpha value is -1.62. The van der Waals surface area contributed by atoms with Crippen LogP contribution in [0.2, 0.25) is 0 Å². The Bertz CT molecular complexity index is 372. The number of aromatic carboxylic acids is 1. The first-order valence-electron chi connectivity index (χ1n) is 5.76. The van der Waals surface area contributed by atoms with Gasteiger partial charge in [0.05, 0.1) is 5.56 Å². The van der Waals surface area contributed by atoms with Crippen molar-refractivity contribution < 1.29 is 14.6 Å². The van der Waals surface area contributed by atoms with Crippen LogP contribution in [0.25, 0.3) is 0 Å². The van der Waals surface area contributed by atoms with E-state index in [9.17, 15) is 4.79 Å². The van der Waals surface area contributed by atoms with Crippen molar-refractivity contribution >= 4 is 11.8 Å². The van der Waals surface area contributed by atoms with Crippen LogP contribution in [0, 0.1) is 5.92 Å². The number of nitrogens with one attached hydrogen (secondary N) is 1. The number of anilines is 1. The topological polar surface area (TPSA) is 71.5 Å². The first-order chi connectivity index (χ1) is 8.25. The van der Waals surface area contributed by atoms with Crippen LogP contribution in [0.15, 0.2) is 18.3 Å². The maximum atomic E-state index is 10.6. The van der Waals surface area contributed by atoms with Gasteiger partial charge in [-0.05, 0) is 30.9 Å². The number of nitrogens with zero attached hydrogens (tertiary/aromatic N) is 1. The number of pyridine rings is 1. The van der Waals surface area contributed by atoms with Crippen LogP contribution in [0.1, 0.15) is 23.2 Å². The van der Waals surface area contributed by atoms with Gasteiger partial charge in [-0.2, -0.15) is 0 Å². The molecule has 2 heterocycles. The van der Waals surface area contributed by atoms with Crippen LogP contribution >= 0.6 is 0 Å². The lowest BCUT2D eigenvalue weighted by atomic mass is 10.1. The van der Waals surface area contributed by atoms with Gasteiger partial charge in [0, 0.05) is 26.0 Å². The number of carbonyl (C=O) groups is 1. The Labute approximate surface area is 99.8 Å². The molecule has 0 aliphatic carbocycles. The predicted octanol–water partition coefficient (Wildman–Crippen LogP) is 1.62. The zero-order valence-electron chi connectivity index (χ0n) is 9.56. The van der Waals surface area contributed by atoms with Gasteiger partial charge < -0.3 is 15.2 Å². The molecule has 0 amide bonds. The summed E-state index contributed by atoms with van der Waals surface area (Å²) in [6.07, 6.45) is 3.55. The minimum Gasteiger partial charge on any atom is -0.478 e. The maximum Gasteiger partial charge on any atom is 0.337 e. The molecule has 1 atom stereocenters. The van der Waals surface area contributed by atoms with Crippen molar-refractivity contribution in [1.29, 1.82) is 0 Å². The lowest BCUT2D eigenvalue weighted by Gasteiger charge is -2.09. The number of hydrogen-bond donors (Lipinski definition) is 2. The fourth-order valence-electron chi connectivity index (χ4n) is 1.84. The Morgan fingerprint density at radius 2 is 2.47 bits per heavy atom. The molecule has 0 spiro atoms. The zero-order chi connectivity index (χ0) is 12.1. The van der Waals surface area contributed by atoms with E-state index < -0.39 is 5.97 Å². The molecular formula is C12H16N2O3. The highest BCUT2D eigenvalue weighted by Gasteiger charge is 2.14. The van der Waals surface area contributed by atoms with Crippen molar-refractivity contribution in [3.63, 3.8) is 0 Å². The number of rotatable bonds is 5. The largest absolute Gasteiger partial charge is 0.478 e. The van der Waals surface area contributed by atoms with E-state index in [1.807, 2.05) is 0 Å². The Morgan fingerprint density at radius 3 is 3.06 bits per heavy atom. The van der Waals surface area contributed by atoms with Crippen molar-refractivity contribution in [2.45, 2.75) is 12.8 Å². The molecule has 2 N–H and O–H groups in total. The first-order valence-corrected chi connectivity index (χ1v) is 5.76. The highest BCUT2D eigenvalue weighted by atomic mass is 16.5. The highest BCUT2D eigenvalue weighted by molar-refractivity contribution is 5.87. The minimum absolute atomic E-state index is 0.208. The zero-order valence-corrected chi connectivity index (χ0v) is 9.56. The second kappa shape index (κ2) is 5.63. The molecule has 1 aliphatic heterocycles. The third-order valence-corrected chi connectivity index (χ3v) is 2.89. The molecule has 17 heavy (non-hydrogen) atoms. The number of carboxylic acids is 1. The molecular weight excluding hydrogens is 220 g/mol. The lowest BCUT2D eigenvalue weighted by Crippen LogP contribution is -2.10. The highest BCUT2D eigenvalue weighted by Crippen LogP contribution is 2.16. The Kier molecular flexibility index (Phi) is 3.93.